The van der Waals surface area contributed by atoms with Gasteiger partial charge in [-0.3, -0.25) is 0 Å². The Labute approximate surface area is 177 Å². The number of ether oxygens (including phenoxy) is 1. The lowest BCUT2D eigenvalue weighted by molar-refractivity contribution is -0.299. The van der Waals surface area contributed by atoms with Crippen molar-refractivity contribution in [1.29, 1.82) is 0 Å². The van der Waals surface area contributed by atoms with E-state index < -0.39 is 29.0 Å². The van der Waals surface area contributed by atoms with Crippen LogP contribution in [-0.4, -0.2) is 56.0 Å². The van der Waals surface area contributed by atoms with E-state index in [4.69, 9.17) is 4.74 Å². The van der Waals surface area contributed by atoms with E-state index in [1.165, 1.54) is 0 Å². The fourth-order valence-corrected chi connectivity index (χ4v) is 6.33. The molecule has 0 heterocycles. The maximum Gasteiger partial charge on any atom is 0.108 e. The molecule has 0 aromatic heterocycles. The minimum absolute atomic E-state index is 0.0330. The normalized spacial score (nSPS) is 41.4. The van der Waals surface area contributed by atoms with E-state index in [1.54, 1.807) is 20.8 Å². The number of hydrogen-bond acceptors (Lipinski definition) is 5. The fourth-order valence-electron chi connectivity index (χ4n) is 6.33. The van der Waals surface area contributed by atoms with Crippen molar-refractivity contribution in [2.75, 3.05) is 13.2 Å². The summed E-state index contributed by atoms with van der Waals surface area (Å²) >= 11 is 0. The van der Waals surface area contributed by atoms with Crippen LogP contribution in [0.25, 0.3) is 0 Å². The van der Waals surface area contributed by atoms with Crippen LogP contribution in [0.5, 0.6) is 0 Å². The highest BCUT2D eigenvalue weighted by Gasteiger charge is 2.65. The van der Waals surface area contributed by atoms with Gasteiger partial charge in [-0.1, -0.05) is 40.5 Å². The van der Waals surface area contributed by atoms with E-state index in [1.807, 2.05) is 0 Å². The van der Waals surface area contributed by atoms with E-state index in [-0.39, 0.29) is 18.4 Å². The van der Waals surface area contributed by atoms with Gasteiger partial charge in [0.2, 0.25) is 0 Å². The Kier molecular flexibility index (Phi) is 7.55. The average molecular weight is 415 g/mol. The molecule has 5 heteroatoms. The summed E-state index contributed by atoms with van der Waals surface area (Å²) in [6.07, 6.45) is 5.05. The van der Waals surface area contributed by atoms with Crippen LogP contribution in [0.4, 0.5) is 0 Å². The van der Waals surface area contributed by atoms with E-state index in [0.29, 0.717) is 30.6 Å². The summed E-state index contributed by atoms with van der Waals surface area (Å²) < 4.78 is 6.62. The van der Waals surface area contributed by atoms with Crippen molar-refractivity contribution in [2.45, 2.75) is 109 Å². The van der Waals surface area contributed by atoms with Gasteiger partial charge in [0.05, 0.1) is 24.4 Å². The number of rotatable bonds is 7. The Balaban J connectivity index is 2.62. The van der Waals surface area contributed by atoms with Crippen molar-refractivity contribution < 1.29 is 25.2 Å². The highest BCUT2D eigenvalue weighted by Crippen LogP contribution is 2.58. The Bertz CT molecular complexity index is 540. The molecule has 172 valence electrons. The van der Waals surface area contributed by atoms with Crippen LogP contribution in [0.1, 0.15) is 87.0 Å². The third-order valence-electron chi connectivity index (χ3n) is 7.78. The lowest BCUT2D eigenvalue weighted by atomic mass is 9.51. The van der Waals surface area contributed by atoms with Gasteiger partial charge in [-0.25, -0.2) is 0 Å². The zero-order valence-corrected chi connectivity index (χ0v) is 19.7. The van der Waals surface area contributed by atoms with Crippen molar-refractivity contribution >= 4 is 0 Å². The lowest BCUT2D eigenvalue weighted by Gasteiger charge is -2.62. The van der Waals surface area contributed by atoms with Gasteiger partial charge in [-0.2, -0.15) is 0 Å². The molecule has 0 spiro atoms. The van der Waals surface area contributed by atoms with E-state index in [0.717, 1.165) is 25.7 Å². The second kappa shape index (κ2) is 8.74. The Morgan fingerprint density at radius 1 is 0.966 bits per heavy atom. The average Bonchev–Trinajstić information content (AvgIpc) is 2.58. The van der Waals surface area contributed by atoms with E-state index in [2.05, 4.69) is 27.7 Å². The predicted octanol–water partition coefficient (Wildman–Crippen LogP) is 3.52. The largest absolute Gasteiger partial charge is 0.393 e. The van der Waals surface area contributed by atoms with Gasteiger partial charge in [0.15, 0.2) is 0 Å². The van der Waals surface area contributed by atoms with Crippen LogP contribution in [0, 0.1) is 29.6 Å². The van der Waals surface area contributed by atoms with Crippen LogP contribution in [0.15, 0.2) is 0 Å². The molecule has 0 amide bonds. The molecule has 0 bridgehead atoms. The maximum atomic E-state index is 12.5. The molecule has 0 aromatic rings. The van der Waals surface area contributed by atoms with Gasteiger partial charge in [-0.15, -0.1) is 0 Å². The molecule has 5 nitrogen and oxygen atoms in total. The van der Waals surface area contributed by atoms with Gasteiger partial charge in [0.1, 0.15) is 11.2 Å². The van der Waals surface area contributed by atoms with Crippen molar-refractivity contribution in [3.05, 3.63) is 0 Å². The molecule has 0 saturated heterocycles. The second-order valence-corrected chi connectivity index (χ2v) is 11.6. The first kappa shape index (κ1) is 25.1. The predicted molar refractivity (Wildman–Crippen MR) is 115 cm³/mol. The molecule has 0 aliphatic heterocycles. The monoisotopic (exact) mass is 414 g/mol. The van der Waals surface area contributed by atoms with Gasteiger partial charge in [-0.05, 0) is 70.1 Å². The first-order chi connectivity index (χ1) is 13.2. The molecule has 4 N–H and O–H groups in total. The molecule has 0 radical (unpaired) electrons. The van der Waals surface area contributed by atoms with Gasteiger partial charge < -0.3 is 25.2 Å². The maximum absolute atomic E-state index is 12.5. The molecule has 7 unspecified atom stereocenters. The minimum Gasteiger partial charge on any atom is -0.393 e. The number of aliphatic hydroxyl groups is 4. The highest BCUT2D eigenvalue weighted by molar-refractivity contribution is 5.15. The summed E-state index contributed by atoms with van der Waals surface area (Å²) in [4.78, 5) is 0. The van der Waals surface area contributed by atoms with Gasteiger partial charge in [0.25, 0.3) is 0 Å². The van der Waals surface area contributed by atoms with Crippen molar-refractivity contribution in [2.24, 2.45) is 29.6 Å². The summed E-state index contributed by atoms with van der Waals surface area (Å²) in [5.41, 5.74) is -4.46. The molecule has 7 atom stereocenters. The third kappa shape index (κ3) is 5.01. The first-order valence-corrected chi connectivity index (χ1v) is 11.6. The van der Waals surface area contributed by atoms with Crippen LogP contribution in [-0.2, 0) is 4.74 Å². The summed E-state index contributed by atoms with van der Waals surface area (Å²) in [5.74, 6) is 0.825. The molecule has 2 saturated carbocycles. The molecule has 0 aromatic carbocycles. The standard InChI is InChI=1S/C24H46O5/c1-16(2)19-10-8-18(4)13-24(19,29-15-22(7,27)14-25)23(28)12-17(3)9-11-20(23)21(5,6)26/h16-20,25-28H,8-15H2,1-7H3. The van der Waals surface area contributed by atoms with E-state index in [9.17, 15) is 20.4 Å². The zero-order chi connectivity index (χ0) is 22.3. The molecule has 2 aliphatic rings. The lowest BCUT2D eigenvalue weighted by Crippen LogP contribution is -2.71. The van der Waals surface area contributed by atoms with Crippen molar-refractivity contribution in [3.63, 3.8) is 0 Å². The summed E-state index contributed by atoms with van der Waals surface area (Å²) in [7, 11) is 0. The smallest absolute Gasteiger partial charge is 0.108 e. The van der Waals surface area contributed by atoms with Gasteiger partial charge in [0, 0.05) is 5.92 Å². The van der Waals surface area contributed by atoms with E-state index >= 15 is 0 Å². The Morgan fingerprint density at radius 3 is 2.03 bits per heavy atom. The minimum atomic E-state index is -1.36. The quantitative estimate of drug-likeness (QED) is 0.512. The Morgan fingerprint density at radius 2 is 1.52 bits per heavy atom. The van der Waals surface area contributed by atoms with Crippen molar-refractivity contribution in [3.8, 4) is 0 Å². The molecular formula is C24H46O5. The van der Waals surface area contributed by atoms with Crippen LogP contribution in [0.3, 0.4) is 0 Å². The Hall–Kier alpha value is -0.200. The van der Waals surface area contributed by atoms with Crippen LogP contribution in [0.2, 0.25) is 0 Å². The molecule has 29 heavy (non-hydrogen) atoms. The SMILES string of the molecule is CC1CCC(C(C)(C)O)C(O)(C2(OCC(C)(O)CO)CC(C)CCC2C(C)C)C1. The second-order valence-electron chi connectivity index (χ2n) is 11.6. The summed E-state index contributed by atoms with van der Waals surface area (Å²) in [5, 5.41) is 43.7. The molecular weight excluding hydrogens is 368 g/mol. The molecule has 2 fully saturated rings. The van der Waals surface area contributed by atoms with Gasteiger partial charge >= 0.3 is 0 Å². The number of aliphatic hydroxyl groups excluding tert-OH is 1. The number of hydrogen-bond donors (Lipinski definition) is 4. The van der Waals surface area contributed by atoms with Crippen LogP contribution < -0.4 is 0 Å². The molecule has 2 rings (SSSR count). The highest BCUT2D eigenvalue weighted by atomic mass is 16.5. The summed E-state index contributed by atoms with van der Waals surface area (Å²) in [6, 6.07) is 0. The van der Waals surface area contributed by atoms with Crippen LogP contribution >= 0.6 is 0 Å². The fraction of sp³-hybridized carbons (Fsp3) is 1.00. The first-order valence-electron chi connectivity index (χ1n) is 11.6. The zero-order valence-electron chi connectivity index (χ0n) is 19.7. The topological polar surface area (TPSA) is 90.2 Å². The molecule has 2 aliphatic carbocycles. The third-order valence-corrected chi connectivity index (χ3v) is 7.78. The summed E-state index contributed by atoms with van der Waals surface area (Å²) in [6.45, 7) is 13.5. The van der Waals surface area contributed by atoms with Crippen molar-refractivity contribution in [1.82, 2.24) is 0 Å².